The van der Waals surface area contributed by atoms with Gasteiger partial charge in [0.05, 0.1) is 23.2 Å². The molecule has 0 unspecified atom stereocenters. The maximum absolute atomic E-state index is 8.79. The van der Waals surface area contributed by atoms with E-state index in [9.17, 15) is 0 Å². The third-order valence-corrected chi connectivity index (χ3v) is 3.00. The summed E-state index contributed by atoms with van der Waals surface area (Å²) in [6, 6.07) is 9.00. The molecule has 0 atom stereocenters. The molecule has 1 heterocycles. The van der Waals surface area contributed by atoms with Crippen LogP contribution in [-0.4, -0.2) is 4.98 Å². The van der Waals surface area contributed by atoms with Gasteiger partial charge >= 0.3 is 0 Å². The van der Waals surface area contributed by atoms with E-state index in [0.717, 1.165) is 11.1 Å². The van der Waals surface area contributed by atoms with Gasteiger partial charge in [-0.2, -0.15) is 5.26 Å². The van der Waals surface area contributed by atoms with Gasteiger partial charge in [0.25, 0.3) is 0 Å². The first-order valence-corrected chi connectivity index (χ1v) is 6.21. The Morgan fingerprint density at radius 2 is 1.67 bits per heavy atom. The van der Waals surface area contributed by atoms with Crippen LogP contribution in [0.25, 0.3) is 11.1 Å². The topological polar surface area (TPSA) is 36.7 Å². The number of rotatable bonds is 2. The lowest BCUT2D eigenvalue weighted by molar-refractivity contribution is 1.12. The van der Waals surface area contributed by atoms with Crippen molar-refractivity contribution in [1.29, 1.82) is 5.26 Å². The van der Waals surface area contributed by atoms with Gasteiger partial charge in [0.2, 0.25) is 0 Å². The normalized spacial score (nSPS) is 10.1. The zero-order valence-corrected chi connectivity index (χ0v) is 11.4. The molecule has 2 aromatic rings. The standard InChI is InChI=1S/C13H7Cl3N2/c14-9-3-8(4-10(15)5-9)12-6-11(16)7-18-13(12)1-2-17/h3-7H,1H2. The quantitative estimate of drug-likeness (QED) is 0.800. The van der Waals surface area contributed by atoms with Crippen LogP contribution in [0, 0.1) is 11.3 Å². The minimum absolute atomic E-state index is 0.205. The average Bonchev–Trinajstić information content (AvgIpc) is 2.30. The highest BCUT2D eigenvalue weighted by molar-refractivity contribution is 6.35. The molecule has 90 valence electrons. The van der Waals surface area contributed by atoms with E-state index in [-0.39, 0.29) is 6.42 Å². The molecular weight excluding hydrogens is 291 g/mol. The molecule has 0 saturated heterocycles. The van der Waals surface area contributed by atoms with E-state index in [1.54, 1.807) is 24.3 Å². The first-order valence-electron chi connectivity index (χ1n) is 5.08. The van der Waals surface area contributed by atoms with Gasteiger partial charge in [0, 0.05) is 21.8 Å². The highest BCUT2D eigenvalue weighted by Crippen LogP contribution is 2.30. The van der Waals surface area contributed by atoms with E-state index < -0.39 is 0 Å². The van der Waals surface area contributed by atoms with Crippen molar-refractivity contribution in [3.8, 4) is 17.2 Å². The summed E-state index contributed by atoms with van der Waals surface area (Å²) in [6.45, 7) is 0. The summed E-state index contributed by atoms with van der Waals surface area (Å²) < 4.78 is 0. The van der Waals surface area contributed by atoms with Crippen LogP contribution in [0.1, 0.15) is 5.69 Å². The van der Waals surface area contributed by atoms with E-state index >= 15 is 0 Å². The molecule has 0 bridgehead atoms. The van der Waals surface area contributed by atoms with Gasteiger partial charge in [-0.15, -0.1) is 0 Å². The molecule has 0 amide bonds. The fourth-order valence-electron chi connectivity index (χ4n) is 1.64. The first kappa shape index (κ1) is 13.2. The van der Waals surface area contributed by atoms with Crippen molar-refractivity contribution in [3.63, 3.8) is 0 Å². The van der Waals surface area contributed by atoms with E-state index in [2.05, 4.69) is 11.1 Å². The average molecular weight is 298 g/mol. The number of aromatic nitrogens is 1. The number of halogens is 3. The molecule has 0 spiro atoms. The molecule has 0 aliphatic heterocycles. The second kappa shape index (κ2) is 5.58. The second-order valence-electron chi connectivity index (χ2n) is 3.64. The molecule has 5 heteroatoms. The number of pyridine rings is 1. The Morgan fingerprint density at radius 3 is 2.28 bits per heavy atom. The van der Waals surface area contributed by atoms with Crippen LogP contribution in [0.4, 0.5) is 0 Å². The minimum Gasteiger partial charge on any atom is -0.258 e. The van der Waals surface area contributed by atoms with Crippen LogP contribution in [0.3, 0.4) is 0 Å². The summed E-state index contributed by atoms with van der Waals surface area (Å²) in [6.07, 6.45) is 1.72. The monoisotopic (exact) mass is 296 g/mol. The van der Waals surface area contributed by atoms with Gasteiger partial charge in [-0.1, -0.05) is 34.8 Å². The summed E-state index contributed by atoms with van der Waals surface area (Å²) in [5.74, 6) is 0. The minimum atomic E-state index is 0.205. The number of benzene rings is 1. The molecule has 0 aliphatic carbocycles. The first-order chi connectivity index (χ1) is 8.60. The Morgan fingerprint density at radius 1 is 1.00 bits per heavy atom. The molecule has 1 aromatic carbocycles. The molecule has 0 fully saturated rings. The zero-order valence-electron chi connectivity index (χ0n) is 9.12. The van der Waals surface area contributed by atoms with E-state index in [1.807, 2.05) is 0 Å². The van der Waals surface area contributed by atoms with Crippen molar-refractivity contribution in [2.45, 2.75) is 6.42 Å². The highest BCUT2D eigenvalue weighted by Gasteiger charge is 2.09. The molecule has 1 aromatic heterocycles. The fraction of sp³-hybridized carbons (Fsp3) is 0.0769. The Bertz CT molecular complexity index is 612. The molecule has 0 N–H and O–H groups in total. The van der Waals surface area contributed by atoms with Crippen LogP contribution in [-0.2, 0) is 6.42 Å². The van der Waals surface area contributed by atoms with Crippen LogP contribution >= 0.6 is 34.8 Å². The summed E-state index contributed by atoms with van der Waals surface area (Å²) in [5, 5.41) is 10.4. The number of hydrogen-bond acceptors (Lipinski definition) is 2. The molecule has 2 nitrogen and oxygen atoms in total. The zero-order chi connectivity index (χ0) is 13.1. The fourth-order valence-corrected chi connectivity index (χ4v) is 2.33. The molecule has 2 rings (SSSR count). The van der Waals surface area contributed by atoms with Crippen molar-refractivity contribution in [2.75, 3.05) is 0 Å². The molecule has 0 aliphatic rings. The largest absolute Gasteiger partial charge is 0.258 e. The van der Waals surface area contributed by atoms with Crippen molar-refractivity contribution in [3.05, 3.63) is 51.2 Å². The van der Waals surface area contributed by atoms with Crippen LogP contribution in [0.5, 0.6) is 0 Å². The maximum Gasteiger partial charge on any atom is 0.0781 e. The third kappa shape index (κ3) is 2.94. The van der Waals surface area contributed by atoms with Crippen molar-refractivity contribution < 1.29 is 0 Å². The van der Waals surface area contributed by atoms with Gasteiger partial charge in [0.15, 0.2) is 0 Å². The SMILES string of the molecule is N#CCc1ncc(Cl)cc1-c1cc(Cl)cc(Cl)c1. The number of nitriles is 1. The lowest BCUT2D eigenvalue weighted by Gasteiger charge is -2.08. The van der Waals surface area contributed by atoms with Gasteiger partial charge < -0.3 is 0 Å². The van der Waals surface area contributed by atoms with Gasteiger partial charge in [-0.25, -0.2) is 0 Å². The van der Waals surface area contributed by atoms with Crippen LogP contribution in [0.15, 0.2) is 30.5 Å². The predicted molar refractivity (Wildman–Crippen MR) is 74.0 cm³/mol. The van der Waals surface area contributed by atoms with E-state index in [0.29, 0.717) is 20.8 Å². The molecule has 18 heavy (non-hydrogen) atoms. The Hall–Kier alpha value is -1.27. The van der Waals surface area contributed by atoms with Gasteiger partial charge in [-0.05, 0) is 29.8 Å². The number of hydrogen-bond donors (Lipinski definition) is 0. The summed E-state index contributed by atoms with van der Waals surface area (Å²) in [5.41, 5.74) is 2.22. The summed E-state index contributed by atoms with van der Waals surface area (Å²) in [7, 11) is 0. The Balaban J connectivity index is 2.61. The predicted octanol–water partition coefficient (Wildman–Crippen LogP) is 4.77. The number of nitrogens with zero attached hydrogens (tertiary/aromatic N) is 2. The summed E-state index contributed by atoms with van der Waals surface area (Å²) >= 11 is 17.9. The molecular formula is C13H7Cl3N2. The molecule has 0 saturated carbocycles. The van der Waals surface area contributed by atoms with Gasteiger partial charge in [-0.3, -0.25) is 4.98 Å². The lowest BCUT2D eigenvalue weighted by atomic mass is 10.0. The van der Waals surface area contributed by atoms with Crippen molar-refractivity contribution in [1.82, 2.24) is 4.98 Å². The van der Waals surface area contributed by atoms with Gasteiger partial charge in [0.1, 0.15) is 0 Å². The Kier molecular flexibility index (Phi) is 4.08. The lowest BCUT2D eigenvalue weighted by Crippen LogP contribution is -1.93. The van der Waals surface area contributed by atoms with E-state index in [4.69, 9.17) is 40.1 Å². The second-order valence-corrected chi connectivity index (χ2v) is 4.95. The van der Waals surface area contributed by atoms with Crippen LogP contribution < -0.4 is 0 Å². The smallest absolute Gasteiger partial charge is 0.0781 e. The summed E-state index contributed by atoms with van der Waals surface area (Å²) in [4.78, 5) is 4.16. The Labute approximate surface area is 120 Å². The van der Waals surface area contributed by atoms with Crippen molar-refractivity contribution in [2.24, 2.45) is 0 Å². The van der Waals surface area contributed by atoms with Crippen LogP contribution in [0.2, 0.25) is 15.1 Å². The maximum atomic E-state index is 8.79. The van der Waals surface area contributed by atoms with Crippen molar-refractivity contribution >= 4 is 34.8 Å². The molecule has 0 radical (unpaired) electrons. The van der Waals surface area contributed by atoms with E-state index in [1.165, 1.54) is 6.20 Å². The highest BCUT2D eigenvalue weighted by atomic mass is 35.5. The third-order valence-electron chi connectivity index (χ3n) is 2.36.